The third-order valence-electron chi connectivity index (χ3n) is 3.94. The molecule has 0 unspecified atom stereocenters. The molecule has 19 heavy (non-hydrogen) atoms. The number of hydrogen-bond acceptors (Lipinski definition) is 2. The van der Waals surface area contributed by atoms with E-state index in [1.165, 1.54) is 61.6 Å². The predicted molar refractivity (Wildman–Crippen MR) is 85.0 cm³/mol. The van der Waals surface area contributed by atoms with Crippen LogP contribution in [0.1, 0.15) is 44.1 Å². The van der Waals surface area contributed by atoms with Crippen molar-refractivity contribution < 1.29 is 0 Å². The Morgan fingerprint density at radius 1 is 1.05 bits per heavy atom. The first kappa shape index (κ1) is 13.1. The molecule has 0 spiro atoms. The molecule has 1 aromatic carbocycles. The summed E-state index contributed by atoms with van der Waals surface area (Å²) in [4.78, 5) is 0. The van der Waals surface area contributed by atoms with Crippen LogP contribution < -0.4 is 5.32 Å². The molecule has 102 valence electrons. The van der Waals surface area contributed by atoms with Crippen LogP contribution >= 0.6 is 11.3 Å². The Morgan fingerprint density at radius 3 is 2.79 bits per heavy atom. The van der Waals surface area contributed by atoms with Crippen LogP contribution in [0.5, 0.6) is 0 Å². The Morgan fingerprint density at radius 2 is 1.89 bits per heavy atom. The summed E-state index contributed by atoms with van der Waals surface area (Å²) in [7, 11) is 0. The summed E-state index contributed by atoms with van der Waals surface area (Å²) in [5.41, 5.74) is 1.55. The predicted octanol–water partition coefficient (Wildman–Crippen LogP) is 4.76. The van der Waals surface area contributed by atoms with Gasteiger partial charge in [-0.15, -0.1) is 11.3 Å². The molecule has 0 radical (unpaired) electrons. The van der Waals surface area contributed by atoms with E-state index in [0.29, 0.717) is 0 Å². The number of thiophene rings is 1. The van der Waals surface area contributed by atoms with E-state index < -0.39 is 0 Å². The fraction of sp³-hybridized carbons (Fsp3) is 0.529. The van der Waals surface area contributed by atoms with E-state index in [-0.39, 0.29) is 0 Å². The van der Waals surface area contributed by atoms with Crippen LogP contribution in [0.4, 0.5) is 0 Å². The molecule has 0 aliphatic heterocycles. The number of aryl methyl sites for hydroxylation is 1. The highest BCUT2D eigenvalue weighted by Gasteiger charge is 2.19. The van der Waals surface area contributed by atoms with E-state index in [9.17, 15) is 0 Å². The van der Waals surface area contributed by atoms with Crippen LogP contribution in [0.3, 0.4) is 0 Å². The van der Waals surface area contributed by atoms with E-state index in [1.807, 2.05) is 11.3 Å². The normalized spacial score (nSPS) is 15.2. The van der Waals surface area contributed by atoms with E-state index in [2.05, 4.69) is 35.0 Å². The molecule has 1 heterocycles. The standard InChI is InChI=1S/C17H23NS/c1(2-6-12-18-15-10-11-15)3-7-14-13-19-17-9-5-4-8-16(14)17/h4-5,8-9,13,15,18H,1-3,6-7,10-12H2. The monoisotopic (exact) mass is 273 g/mol. The smallest absolute Gasteiger partial charge is 0.0345 e. The third kappa shape index (κ3) is 3.80. The van der Waals surface area contributed by atoms with Crippen molar-refractivity contribution in [2.45, 2.75) is 51.0 Å². The lowest BCUT2D eigenvalue weighted by molar-refractivity contribution is 0.586. The summed E-state index contributed by atoms with van der Waals surface area (Å²) < 4.78 is 1.44. The van der Waals surface area contributed by atoms with Crippen molar-refractivity contribution in [3.63, 3.8) is 0 Å². The van der Waals surface area contributed by atoms with Gasteiger partial charge in [0.2, 0.25) is 0 Å². The van der Waals surface area contributed by atoms with Gasteiger partial charge in [0.15, 0.2) is 0 Å². The molecule has 1 aromatic heterocycles. The summed E-state index contributed by atoms with van der Waals surface area (Å²) in [6, 6.07) is 9.66. The fourth-order valence-corrected chi connectivity index (χ4v) is 3.61. The van der Waals surface area contributed by atoms with Gasteiger partial charge >= 0.3 is 0 Å². The molecule has 1 aliphatic rings. The minimum absolute atomic E-state index is 0.872. The van der Waals surface area contributed by atoms with Crippen molar-refractivity contribution in [1.82, 2.24) is 5.32 Å². The second-order valence-electron chi connectivity index (χ2n) is 5.65. The number of rotatable bonds is 8. The van der Waals surface area contributed by atoms with Gasteiger partial charge in [0.1, 0.15) is 0 Å². The van der Waals surface area contributed by atoms with Gasteiger partial charge < -0.3 is 5.32 Å². The van der Waals surface area contributed by atoms with Gasteiger partial charge in [0.05, 0.1) is 0 Å². The fourth-order valence-electron chi connectivity index (χ4n) is 2.61. The first-order chi connectivity index (χ1) is 9.43. The number of nitrogens with one attached hydrogen (secondary N) is 1. The Bertz CT molecular complexity index is 513. The summed E-state index contributed by atoms with van der Waals surface area (Å²) >= 11 is 1.89. The number of benzene rings is 1. The number of unbranched alkanes of at least 4 members (excludes halogenated alkanes) is 3. The molecular weight excluding hydrogens is 250 g/mol. The van der Waals surface area contributed by atoms with Gasteiger partial charge in [-0.25, -0.2) is 0 Å². The molecule has 2 aromatic rings. The number of fused-ring (bicyclic) bond motifs is 1. The molecule has 0 saturated heterocycles. The summed E-state index contributed by atoms with van der Waals surface area (Å²) in [6.07, 6.45) is 9.50. The Balaban J connectivity index is 1.35. The average Bonchev–Trinajstić information content (AvgIpc) is 3.18. The lowest BCUT2D eigenvalue weighted by atomic mass is 10.1. The Hall–Kier alpha value is -0.860. The van der Waals surface area contributed by atoms with Crippen molar-refractivity contribution in [3.05, 3.63) is 35.2 Å². The highest BCUT2D eigenvalue weighted by atomic mass is 32.1. The van der Waals surface area contributed by atoms with E-state index in [0.717, 1.165) is 6.04 Å². The zero-order chi connectivity index (χ0) is 12.9. The molecule has 0 amide bonds. The Kier molecular flexibility index (Phi) is 4.52. The van der Waals surface area contributed by atoms with Crippen molar-refractivity contribution in [3.8, 4) is 0 Å². The molecule has 2 heteroatoms. The summed E-state index contributed by atoms with van der Waals surface area (Å²) in [5, 5.41) is 7.41. The molecule has 1 N–H and O–H groups in total. The Labute approximate surface area is 120 Å². The average molecular weight is 273 g/mol. The molecule has 1 nitrogen and oxygen atoms in total. The third-order valence-corrected chi connectivity index (χ3v) is 4.96. The van der Waals surface area contributed by atoms with Crippen molar-refractivity contribution in [1.29, 1.82) is 0 Å². The van der Waals surface area contributed by atoms with Crippen molar-refractivity contribution in [2.24, 2.45) is 0 Å². The molecular formula is C17H23NS. The van der Waals surface area contributed by atoms with Crippen LogP contribution in [0.25, 0.3) is 10.1 Å². The highest BCUT2D eigenvalue weighted by molar-refractivity contribution is 7.17. The molecule has 1 fully saturated rings. The lowest BCUT2D eigenvalue weighted by Gasteiger charge is -2.03. The maximum Gasteiger partial charge on any atom is 0.0345 e. The highest BCUT2D eigenvalue weighted by Crippen LogP contribution is 2.27. The van der Waals surface area contributed by atoms with Crippen LogP contribution in [0.15, 0.2) is 29.6 Å². The van der Waals surface area contributed by atoms with Gasteiger partial charge in [-0.1, -0.05) is 31.0 Å². The van der Waals surface area contributed by atoms with Crippen LogP contribution in [0.2, 0.25) is 0 Å². The maximum absolute atomic E-state index is 3.59. The maximum atomic E-state index is 3.59. The zero-order valence-corrected chi connectivity index (χ0v) is 12.3. The second kappa shape index (κ2) is 6.53. The first-order valence-corrected chi connectivity index (χ1v) is 8.50. The largest absolute Gasteiger partial charge is 0.314 e. The van der Waals surface area contributed by atoms with Gasteiger partial charge in [-0.2, -0.15) is 0 Å². The number of hydrogen-bond donors (Lipinski definition) is 1. The van der Waals surface area contributed by atoms with E-state index in [4.69, 9.17) is 0 Å². The molecule has 0 atom stereocenters. The molecule has 1 aliphatic carbocycles. The van der Waals surface area contributed by atoms with Gasteiger partial charge in [0.25, 0.3) is 0 Å². The summed E-state index contributed by atoms with van der Waals surface area (Å²) in [6.45, 7) is 1.23. The van der Waals surface area contributed by atoms with Crippen molar-refractivity contribution >= 4 is 21.4 Å². The van der Waals surface area contributed by atoms with Crippen LogP contribution in [0, 0.1) is 0 Å². The second-order valence-corrected chi connectivity index (χ2v) is 6.56. The van der Waals surface area contributed by atoms with Gasteiger partial charge in [-0.05, 0) is 61.0 Å². The van der Waals surface area contributed by atoms with E-state index >= 15 is 0 Å². The van der Waals surface area contributed by atoms with E-state index in [1.54, 1.807) is 5.56 Å². The van der Waals surface area contributed by atoms with Gasteiger partial charge in [-0.3, -0.25) is 0 Å². The minimum atomic E-state index is 0.872. The molecule has 1 saturated carbocycles. The molecule has 3 rings (SSSR count). The van der Waals surface area contributed by atoms with Crippen LogP contribution in [-0.4, -0.2) is 12.6 Å². The summed E-state index contributed by atoms with van der Waals surface area (Å²) in [5.74, 6) is 0. The zero-order valence-electron chi connectivity index (χ0n) is 11.5. The SMILES string of the molecule is c1ccc2c(CCCCCCNC3CC3)csc2c1. The first-order valence-electron chi connectivity index (χ1n) is 7.62. The topological polar surface area (TPSA) is 12.0 Å². The molecule has 0 bridgehead atoms. The minimum Gasteiger partial charge on any atom is -0.314 e. The van der Waals surface area contributed by atoms with Crippen molar-refractivity contribution in [2.75, 3.05) is 6.54 Å². The lowest BCUT2D eigenvalue weighted by Crippen LogP contribution is -2.17. The quantitative estimate of drug-likeness (QED) is 0.684. The van der Waals surface area contributed by atoms with Crippen LogP contribution in [-0.2, 0) is 6.42 Å². The van der Waals surface area contributed by atoms with Gasteiger partial charge in [0, 0.05) is 10.7 Å².